The molecule has 10 heteroatoms. The van der Waals surface area contributed by atoms with Crippen LogP contribution in [0.15, 0.2) is 35.0 Å². The van der Waals surface area contributed by atoms with Crippen LogP contribution in [0.25, 0.3) is 11.3 Å². The van der Waals surface area contributed by atoms with Gasteiger partial charge in [0.1, 0.15) is 5.69 Å². The van der Waals surface area contributed by atoms with Crippen LogP contribution >= 0.6 is 23.2 Å². The minimum Gasteiger partial charge on any atom is -0.364 e. The number of carbonyl (C=O) groups is 2. The Hall–Kier alpha value is -2.84. The summed E-state index contributed by atoms with van der Waals surface area (Å²) in [5.74, 6) is -1.01. The van der Waals surface area contributed by atoms with Crippen LogP contribution < -0.4 is 11.1 Å². The van der Waals surface area contributed by atoms with Crippen molar-refractivity contribution in [2.45, 2.75) is 0 Å². The van der Waals surface area contributed by atoms with Crippen molar-refractivity contribution in [1.29, 1.82) is 0 Å². The summed E-state index contributed by atoms with van der Waals surface area (Å²) in [4.78, 5) is 23.7. The van der Waals surface area contributed by atoms with Gasteiger partial charge in [-0.05, 0) is 18.2 Å². The van der Waals surface area contributed by atoms with Gasteiger partial charge >= 0.3 is 0 Å². The smallest absolute Gasteiger partial charge is 0.277 e. The Balaban J connectivity index is 1.85. The number of hydrogen-bond donors (Lipinski definition) is 2. The molecule has 0 radical (unpaired) electrons. The minimum absolute atomic E-state index is 0.000269. The van der Waals surface area contributed by atoms with Crippen LogP contribution in [-0.2, 0) is 7.05 Å². The zero-order valence-electron chi connectivity index (χ0n) is 12.8. The van der Waals surface area contributed by atoms with Crippen LogP contribution in [0.4, 0.5) is 5.69 Å². The van der Waals surface area contributed by atoms with Gasteiger partial charge < -0.3 is 15.6 Å². The van der Waals surface area contributed by atoms with Crippen molar-refractivity contribution in [2.75, 3.05) is 5.32 Å². The summed E-state index contributed by atoms with van der Waals surface area (Å²) in [6, 6.07) is 6.26. The van der Waals surface area contributed by atoms with Gasteiger partial charge in [-0.3, -0.25) is 14.3 Å². The number of nitrogens with zero attached hydrogens (tertiary/aromatic N) is 3. The molecule has 25 heavy (non-hydrogen) atoms. The van der Waals surface area contributed by atoms with Crippen LogP contribution in [0, 0.1) is 0 Å². The highest BCUT2D eigenvalue weighted by molar-refractivity contribution is 6.36. The van der Waals surface area contributed by atoms with Crippen molar-refractivity contribution >= 4 is 40.7 Å². The second-order valence-corrected chi connectivity index (χ2v) is 5.89. The summed E-state index contributed by atoms with van der Waals surface area (Å²) >= 11 is 12.0. The fourth-order valence-corrected chi connectivity index (χ4v) is 2.71. The number of amides is 2. The van der Waals surface area contributed by atoms with E-state index in [1.54, 1.807) is 18.2 Å². The second-order valence-electron chi connectivity index (χ2n) is 5.05. The number of nitrogens with one attached hydrogen (secondary N) is 1. The standard InChI is InChI=1S/C15H11Cl2N5O3/c1-22-13(14(18)23)11(6-19-22)20-15(24)10-5-12(25-21-10)8-3-2-7(16)4-9(8)17/h2-6H,1H3,(H2,18,23)(H,20,24). The predicted octanol–water partition coefficient (Wildman–Crippen LogP) is 2.73. The molecule has 3 aromatic rings. The van der Waals surface area contributed by atoms with Gasteiger partial charge in [0, 0.05) is 23.7 Å². The molecule has 0 aliphatic rings. The summed E-state index contributed by atoms with van der Waals surface area (Å²) in [5.41, 5.74) is 6.05. The highest BCUT2D eigenvalue weighted by Gasteiger charge is 2.20. The van der Waals surface area contributed by atoms with Crippen molar-refractivity contribution in [1.82, 2.24) is 14.9 Å². The van der Waals surface area contributed by atoms with Crippen molar-refractivity contribution < 1.29 is 14.1 Å². The molecule has 128 valence electrons. The van der Waals surface area contributed by atoms with E-state index in [4.69, 9.17) is 33.5 Å². The summed E-state index contributed by atoms with van der Waals surface area (Å²) < 4.78 is 6.43. The molecule has 2 heterocycles. The molecular formula is C15H11Cl2N5O3. The van der Waals surface area contributed by atoms with Gasteiger partial charge in [-0.15, -0.1) is 0 Å². The van der Waals surface area contributed by atoms with Crippen LogP contribution in [0.5, 0.6) is 0 Å². The molecule has 3 N–H and O–H groups in total. The Labute approximate surface area is 151 Å². The molecule has 2 aromatic heterocycles. The van der Waals surface area contributed by atoms with E-state index in [1.165, 1.54) is 24.0 Å². The lowest BCUT2D eigenvalue weighted by Crippen LogP contribution is -2.20. The van der Waals surface area contributed by atoms with E-state index in [-0.39, 0.29) is 17.1 Å². The van der Waals surface area contributed by atoms with Crippen LogP contribution in [0.2, 0.25) is 10.0 Å². The van der Waals surface area contributed by atoms with Gasteiger partial charge in [0.25, 0.3) is 11.8 Å². The Morgan fingerprint density at radius 2 is 2.04 bits per heavy atom. The van der Waals surface area contributed by atoms with Crippen LogP contribution in [0.3, 0.4) is 0 Å². The lowest BCUT2D eigenvalue weighted by molar-refractivity contribution is 0.0992. The van der Waals surface area contributed by atoms with E-state index in [9.17, 15) is 9.59 Å². The van der Waals surface area contributed by atoms with Gasteiger partial charge in [0.2, 0.25) is 0 Å². The molecule has 0 atom stereocenters. The third kappa shape index (κ3) is 3.35. The highest BCUT2D eigenvalue weighted by atomic mass is 35.5. The topological polar surface area (TPSA) is 116 Å². The zero-order valence-corrected chi connectivity index (χ0v) is 14.3. The van der Waals surface area contributed by atoms with E-state index in [1.807, 2.05) is 0 Å². The number of nitrogens with two attached hydrogens (primary N) is 1. The molecule has 1 aromatic carbocycles. The number of carbonyl (C=O) groups excluding carboxylic acids is 2. The zero-order chi connectivity index (χ0) is 18.1. The lowest BCUT2D eigenvalue weighted by atomic mass is 10.1. The van der Waals surface area contributed by atoms with Gasteiger partial charge in [0.05, 0.1) is 16.9 Å². The van der Waals surface area contributed by atoms with Crippen LogP contribution in [-0.4, -0.2) is 26.8 Å². The molecular weight excluding hydrogens is 369 g/mol. The van der Waals surface area contributed by atoms with Crippen molar-refractivity contribution in [3.05, 3.63) is 51.9 Å². The third-order valence-corrected chi connectivity index (χ3v) is 3.91. The van der Waals surface area contributed by atoms with Crippen molar-refractivity contribution in [3.8, 4) is 11.3 Å². The van der Waals surface area contributed by atoms with E-state index in [2.05, 4.69) is 15.6 Å². The number of benzene rings is 1. The fourth-order valence-electron chi connectivity index (χ4n) is 2.21. The van der Waals surface area contributed by atoms with Crippen molar-refractivity contribution in [3.63, 3.8) is 0 Å². The first kappa shape index (κ1) is 17.0. The van der Waals surface area contributed by atoms with E-state index in [0.717, 1.165) is 0 Å². The van der Waals surface area contributed by atoms with Gasteiger partial charge in [-0.2, -0.15) is 5.10 Å². The minimum atomic E-state index is -0.718. The Bertz CT molecular complexity index is 979. The highest BCUT2D eigenvalue weighted by Crippen LogP contribution is 2.30. The fraction of sp³-hybridized carbons (Fsp3) is 0.0667. The molecule has 0 spiro atoms. The molecule has 2 amide bonds. The maximum atomic E-state index is 12.3. The van der Waals surface area contributed by atoms with Crippen LogP contribution in [0.1, 0.15) is 21.0 Å². The second kappa shape index (κ2) is 6.58. The number of aryl methyl sites for hydroxylation is 1. The number of rotatable bonds is 4. The van der Waals surface area contributed by atoms with Gasteiger partial charge in [-0.25, -0.2) is 0 Å². The predicted molar refractivity (Wildman–Crippen MR) is 91.6 cm³/mol. The maximum Gasteiger partial charge on any atom is 0.277 e. The monoisotopic (exact) mass is 379 g/mol. The first-order valence-electron chi connectivity index (χ1n) is 6.92. The molecule has 0 unspecified atom stereocenters. The normalized spacial score (nSPS) is 10.7. The Morgan fingerprint density at radius 1 is 1.28 bits per heavy atom. The Morgan fingerprint density at radius 3 is 2.72 bits per heavy atom. The van der Waals surface area contributed by atoms with E-state index in [0.29, 0.717) is 21.4 Å². The molecule has 0 fully saturated rings. The lowest BCUT2D eigenvalue weighted by Gasteiger charge is -2.02. The molecule has 0 saturated carbocycles. The molecule has 3 rings (SSSR count). The first-order chi connectivity index (χ1) is 11.9. The largest absolute Gasteiger partial charge is 0.364 e. The molecule has 0 saturated heterocycles. The number of anilines is 1. The summed E-state index contributed by atoms with van der Waals surface area (Å²) in [5, 5.41) is 10.9. The van der Waals surface area contributed by atoms with E-state index < -0.39 is 11.8 Å². The quantitative estimate of drug-likeness (QED) is 0.722. The molecule has 0 bridgehead atoms. The van der Waals surface area contributed by atoms with Gasteiger partial charge in [-0.1, -0.05) is 28.4 Å². The molecule has 0 aliphatic heterocycles. The maximum absolute atomic E-state index is 12.3. The average molecular weight is 380 g/mol. The summed E-state index contributed by atoms with van der Waals surface area (Å²) in [7, 11) is 1.53. The molecule has 8 nitrogen and oxygen atoms in total. The summed E-state index contributed by atoms with van der Waals surface area (Å²) in [6.45, 7) is 0. The summed E-state index contributed by atoms with van der Waals surface area (Å²) in [6.07, 6.45) is 1.31. The number of halogens is 2. The molecule has 0 aliphatic carbocycles. The van der Waals surface area contributed by atoms with E-state index >= 15 is 0 Å². The number of aromatic nitrogens is 3. The SMILES string of the molecule is Cn1ncc(NC(=O)c2cc(-c3ccc(Cl)cc3Cl)on2)c1C(N)=O. The van der Waals surface area contributed by atoms with Crippen molar-refractivity contribution in [2.24, 2.45) is 12.8 Å². The number of primary amides is 1. The Kier molecular flexibility index (Phi) is 4.47. The van der Waals surface area contributed by atoms with Gasteiger partial charge in [0.15, 0.2) is 11.5 Å². The average Bonchev–Trinajstić information content (AvgIpc) is 3.14. The number of hydrogen-bond acceptors (Lipinski definition) is 5. The third-order valence-electron chi connectivity index (χ3n) is 3.36. The first-order valence-corrected chi connectivity index (χ1v) is 7.67.